The second kappa shape index (κ2) is 16.9. The molecule has 1 aromatic heterocycles. The van der Waals surface area contributed by atoms with Gasteiger partial charge >= 0.3 is 0 Å². The highest BCUT2D eigenvalue weighted by Gasteiger charge is 2.11. The summed E-state index contributed by atoms with van der Waals surface area (Å²) in [5.41, 5.74) is 14.8. The van der Waals surface area contributed by atoms with Crippen LogP contribution in [0.25, 0.3) is 10.9 Å². The molecular weight excluding hydrogens is 530 g/mol. The Kier molecular flexibility index (Phi) is 12.6. The van der Waals surface area contributed by atoms with Crippen molar-refractivity contribution >= 4 is 23.2 Å². The lowest BCUT2D eigenvalue weighted by Gasteiger charge is -2.07. The van der Waals surface area contributed by atoms with E-state index in [1.807, 2.05) is 85.8 Å². The van der Waals surface area contributed by atoms with Gasteiger partial charge in [0.25, 0.3) is 0 Å². The highest BCUT2D eigenvalue weighted by Crippen LogP contribution is 2.26. The zero-order valence-corrected chi connectivity index (χ0v) is 23.9. The molecule has 1 heterocycles. The van der Waals surface area contributed by atoms with E-state index in [2.05, 4.69) is 35.0 Å². The first-order valence-electron chi connectivity index (χ1n) is 13.5. The van der Waals surface area contributed by atoms with Gasteiger partial charge in [0.05, 0.1) is 26.7 Å². The molecule has 218 valence electrons. The van der Waals surface area contributed by atoms with Crippen LogP contribution in [0.5, 0.6) is 17.2 Å². The van der Waals surface area contributed by atoms with Crippen molar-refractivity contribution in [2.24, 2.45) is 11.5 Å². The van der Waals surface area contributed by atoms with Crippen LogP contribution in [0.4, 0.5) is 0 Å². The van der Waals surface area contributed by atoms with E-state index in [1.54, 1.807) is 7.11 Å². The smallest absolute Gasteiger partial charge is 0.221 e. The van der Waals surface area contributed by atoms with Gasteiger partial charge in [0.15, 0.2) is 0 Å². The number of amides is 2. The standard InChI is InChI=1S/C21H20O2.C12H14N2O2.CH3NO/c1-3-7-19(8-4-1)17-22-16-15-18-11-13-21(14-12-18)23-20-9-5-2-6-10-20;1-7-9(6-12(13)15)10-5-8(16-2)3-4-11(10)14-7;2-1-3/h1-14H,15-17H2;3-5,14H,6H2,1-2H3,(H2,13,15);1H,(H2,2,3). The maximum atomic E-state index is 11.0. The van der Waals surface area contributed by atoms with Crippen LogP contribution < -0.4 is 20.9 Å². The number of para-hydroxylation sites is 1. The lowest BCUT2D eigenvalue weighted by atomic mass is 10.1. The number of aromatic amines is 1. The molecule has 0 aliphatic rings. The Morgan fingerprint density at radius 2 is 1.43 bits per heavy atom. The number of methoxy groups -OCH3 is 1. The molecule has 5 N–H and O–H groups in total. The van der Waals surface area contributed by atoms with Gasteiger partial charge in [-0.05, 0) is 72.5 Å². The summed E-state index contributed by atoms with van der Waals surface area (Å²) in [6.07, 6.45) is 1.40. The van der Waals surface area contributed by atoms with Gasteiger partial charge in [-0.1, -0.05) is 60.7 Å². The zero-order chi connectivity index (χ0) is 30.2. The molecule has 4 aromatic carbocycles. The van der Waals surface area contributed by atoms with Crippen molar-refractivity contribution in [3.05, 3.63) is 126 Å². The van der Waals surface area contributed by atoms with Crippen LogP contribution in [0, 0.1) is 6.92 Å². The molecule has 0 unspecified atom stereocenters. The average molecular weight is 568 g/mol. The number of hydrogen-bond acceptors (Lipinski definition) is 5. The number of H-pyrrole nitrogens is 1. The number of aromatic nitrogens is 1. The van der Waals surface area contributed by atoms with Crippen molar-refractivity contribution in [3.8, 4) is 17.2 Å². The molecule has 5 rings (SSSR count). The minimum Gasteiger partial charge on any atom is -0.497 e. The predicted octanol–water partition coefficient (Wildman–Crippen LogP) is 5.85. The molecular formula is C34H37N3O5. The molecule has 0 radical (unpaired) electrons. The summed E-state index contributed by atoms with van der Waals surface area (Å²) in [7, 11) is 1.62. The molecule has 0 spiro atoms. The first kappa shape index (κ1) is 31.4. The predicted molar refractivity (Wildman–Crippen MR) is 165 cm³/mol. The Bertz CT molecular complexity index is 1520. The van der Waals surface area contributed by atoms with Gasteiger partial charge in [-0.2, -0.15) is 0 Å². The summed E-state index contributed by atoms with van der Waals surface area (Å²) in [6.45, 7) is 3.31. The molecule has 8 nitrogen and oxygen atoms in total. The summed E-state index contributed by atoms with van der Waals surface area (Å²) >= 11 is 0. The molecule has 0 aliphatic heterocycles. The Labute approximate surface area is 246 Å². The van der Waals surface area contributed by atoms with Gasteiger partial charge in [-0.15, -0.1) is 0 Å². The quantitative estimate of drug-likeness (QED) is 0.144. The van der Waals surface area contributed by atoms with E-state index in [1.165, 1.54) is 11.1 Å². The number of carbonyl (C=O) groups excluding carboxylic acids is 2. The number of benzene rings is 4. The van der Waals surface area contributed by atoms with Gasteiger partial charge < -0.3 is 30.7 Å². The minimum absolute atomic E-state index is 0.249. The Morgan fingerprint density at radius 1 is 0.833 bits per heavy atom. The highest BCUT2D eigenvalue weighted by molar-refractivity contribution is 5.90. The maximum absolute atomic E-state index is 11.0. The van der Waals surface area contributed by atoms with Crippen LogP contribution >= 0.6 is 0 Å². The number of carbonyl (C=O) groups is 2. The molecule has 0 bridgehead atoms. The number of aryl methyl sites for hydroxylation is 1. The number of nitrogens with one attached hydrogen (secondary N) is 1. The normalized spacial score (nSPS) is 10.0. The molecule has 2 amide bonds. The first-order chi connectivity index (χ1) is 20.4. The Morgan fingerprint density at radius 3 is 2.05 bits per heavy atom. The van der Waals surface area contributed by atoms with Crippen molar-refractivity contribution in [1.82, 2.24) is 4.98 Å². The lowest BCUT2D eigenvalue weighted by Crippen LogP contribution is -2.13. The van der Waals surface area contributed by atoms with E-state index in [9.17, 15) is 4.79 Å². The third-order valence-corrected chi connectivity index (χ3v) is 6.23. The van der Waals surface area contributed by atoms with Crippen molar-refractivity contribution in [1.29, 1.82) is 0 Å². The van der Waals surface area contributed by atoms with E-state index in [0.29, 0.717) is 13.2 Å². The largest absolute Gasteiger partial charge is 0.497 e. The maximum Gasteiger partial charge on any atom is 0.221 e. The topological polar surface area (TPSA) is 130 Å². The zero-order valence-electron chi connectivity index (χ0n) is 23.9. The summed E-state index contributed by atoms with van der Waals surface area (Å²) in [6, 6.07) is 34.0. The molecule has 42 heavy (non-hydrogen) atoms. The van der Waals surface area contributed by atoms with Crippen molar-refractivity contribution in [3.63, 3.8) is 0 Å². The minimum atomic E-state index is -0.327. The van der Waals surface area contributed by atoms with E-state index >= 15 is 0 Å². The van der Waals surface area contributed by atoms with E-state index < -0.39 is 0 Å². The van der Waals surface area contributed by atoms with Crippen LogP contribution in [-0.2, 0) is 33.8 Å². The van der Waals surface area contributed by atoms with Crippen molar-refractivity contribution < 1.29 is 23.8 Å². The number of hydrogen-bond donors (Lipinski definition) is 3. The molecule has 0 saturated carbocycles. The van der Waals surface area contributed by atoms with Crippen LogP contribution in [0.2, 0.25) is 0 Å². The monoisotopic (exact) mass is 567 g/mol. The second-order valence-electron chi connectivity index (χ2n) is 9.27. The third kappa shape index (κ3) is 10.1. The summed E-state index contributed by atoms with van der Waals surface area (Å²) in [4.78, 5) is 22.8. The molecule has 8 heteroatoms. The van der Waals surface area contributed by atoms with Gasteiger partial charge in [0.2, 0.25) is 12.3 Å². The van der Waals surface area contributed by atoms with E-state index in [4.69, 9.17) is 24.7 Å². The van der Waals surface area contributed by atoms with Crippen LogP contribution in [-0.4, -0.2) is 31.0 Å². The van der Waals surface area contributed by atoms with Crippen molar-refractivity contribution in [2.75, 3.05) is 13.7 Å². The highest BCUT2D eigenvalue weighted by atomic mass is 16.5. The Balaban J connectivity index is 0.000000222. The molecule has 0 fully saturated rings. The summed E-state index contributed by atoms with van der Waals surface area (Å²) < 4.78 is 16.7. The van der Waals surface area contributed by atoms with Crippen LogP contribution in [0.15, 0.2) is 103 Å². The first-order valence-corrected chi connectivity index (χ1v) is 13.5. The number of rotatable bonds is 10. The van der Waals surface area contributed by atoms with Crippen molar-refractivity contribution in [2.45, 2.75) is 26.4 Å². The number of nitrogens with two attached hydrogens (primary N) is 2. The van der Waals surface area contributed by atoms with E-state index in [-0.39, 0.29) is 18.7 Å². The SMILES string of the molecule is COc1ccc2[nH]c(C)c(CC(N)=O)c2c1.NC=O.c1ccc(COCCc2ccc(Oc3ccccc3)cc2)cc1. The second-order valence-corrected chi connectivity index (χ2v) is 9.27. The molecule has 5 aromatic rings. The molecule has 0 aliphatic carbocycles. The van der Waals surface area contributed by atoms with Crippen LogP contribution in [0.3, 0.4) is 0 Å². The number of ether oxygens (including phenoxy) is 3. The molecule has 0 atom stereocenters. The average Bonchev–Trinajstić information content (AvgIpc) is 3.31. The van der Waals surface area contributed by atoms with Crippen LogP contribution in [0.1, 0.15) is 22.4 Å². The van der Waals surface area contributed by atoms with Gasteiger partial charge in [-0.3, -0.25) is 9.59 Å². The fraction of sp³-hybridized carbons (Fsp3) is 0.176. The summed E-state index contributed by atoms with van der Waals surface area (Å²) in [5, 5.41) is 0.996. The number of fused-ring (bicyclic) bond motifs is 1. The summed E-state index contributed by atoms with van der Waals surface area (Å²) in [5.74, 6) is 2.15. The molecule has 0 saturated heterocycles. The fourth-order valence-electron chi connectivity index (χ4n) is 4.19. The van der Waals surface area contributed by atoms with E-state index in [0.717, 1.165) is 45.8 Å². The Hall–Kier alpha value is -5.08. The lowest BCUT2D eigenvalue weighted by molar-refractivity contribution is -0.117. The van der Waals surface area contributed by atoms with Gasteiger partial charge in [0.1, 0.15) is 17.2 Å². The number of primary amides is 2. The van der Waals surface area contributed by atoms with Gasteiger partial charge in [0, 0.05) is 16.6 Å². The van der Waals surface area contributed by atoms with Gasteiger partial charge in [-0.25, -0.2) is 0 Å². The third-order valence-electron chi connectivity index (χ3n) is 6.23. The fourth-order valence-corrected chi connectivity index (χ4v) is 4.19.